The highest BCUT2D eigenvalue weighted by molar-refractivity contribution is 6.35. The van der Waals surface area contributed by atoms with Crippen LogP contribution in [0.4, 0.5) is 0 Å². The molecule has 1 aliphatic rings. The lowest BCUT2D eigenvalue weighted by Gasteiger charge is -2.03. The fraction of sp³-hybridized carbons (Fsp3) is 0.0588. The number of cyclic esters (lactones) is 1. The first-order valence-corrected chi connectivity index (χ1v) is 7.52. The quantitative estimate of drug-likeness (QED) is 0.609. The molecule has 23 heavy (non-hydrogen) atoms. The molecule has 0 bridgehead atoms. The molecule has 0 fully saturated rings. The molecule has 0 N–H and O–H groups in total. The van der Waals surface area contributed by atoms with E-state index in [2.05, 4.69) is 4.99 Å². The van der Waals surface area contributed by atoms with Crippen LogP contribution in [0.1, 0.15) is 5.56 Å². The largest absolute Gasteiger partial charge is 0.484 e. The van der Waals surface area contributed by atoms with Crippen LogP contribution in [0.2, 0.25) is 10.0 Å². The van der Waals surface area contributed by atoms with Crippen molar-refractivity contribution in [3.8, 4) is 5.75 Å². The van der Waals surface area contributed by atoms with E-state index >= 15 is 0 Å². The average Bonchev–Trinajstić information content (AvgIpc) is 2.89. The molecule has 116 valence electrons. The van der Waals surface area contributed by atoms with Gasteiger partial charge >= 0.3 is 5.97 Å². The number of aliphatic imine (C=N–C) groups is 1. The summed E-state index contributed by atoms with van der Waals surface area (Å²) in [6, 6.07) is 14.2. The van der Waals surface area contributed by atoms with E-state index in [1.54, 1.807) is 24.3 Å². The molecule has 6 heteroatoms. The minimum atomic E-state index is -0.539. The molecule has 1 heterocycles. The highest BCUT2D eigenvalue weighted by Gasteiger charge is 2.23. The molecule has 4 nitrogen and oxygen atoms in total. The van der Waals surface area contributed by atoms with Crippen molar-refractivity contribution in [1.29, 1.82) is 0 Å². The first-order valence-electron chi connectivity index (χ1n) is 6.76. The summed E-state index contributed by atoms with van der Waals surface area (Å²) in [4.78, 5) is 16.0. The number of halogens is 2. The number of rotatable bonds is 4. The summed E-state index contributed by atoms with van der Waals surface area (Å²) in [5.74, 6) is 0.335. The van der Waals surface area contributed by atoms with Crippen LogP contribution in [0.5, 0.6) is 5.75 Å². The maximum absolute atomic E-state index is 11.8. The molecule has 0 saturated heterocycles. The van der Waals surface area contributed by atoms with Crippen LogP contribution < -0.4 is 4.74 Å². The number of benzene rings is 2. The number of esters is 1. The maximum atomic E-state index is 11.8. The zero-order valence-corrected chi connectivity index (χ0v) is 13.3. The Morgan fingerprint density at radius 1 is 1.13 bits per heavy atom. The minimum Gasteiger partial charge on any atom is -0.484 e. The lowest BCUT2D eigenvalue weighted by atomic mass is 10.2. The fourth-order valence-corrected chi connectivity index (χ4v) is 2.41. The van der Waals surface area contributed by atoms with Crippen LogP contribution in [0.3, 0.4) is 0 Å². The summed E-state index contributed by atoms with van der Waals surface area (Å²) in [7, 11) is 0. The number of ether oxygens (including phenoxy) is 2. The van der Waals surface area contributed by atoms with Crippen LogP contribution in [0.25, 0.3) is 6.08 Å². The van der Waals surface area contributed by atoms with Crippen molar-refractivity contribution in [2.45, 2.75) is 0 Å². The van der Waals surface area contributed by atoms with E-state index in [0.29, 0.717) is 21.4 Å². The summed E-state index contributed by atoms with van der Waals surface area (Å²) in [6.07, 6.45) is 1.55. The van der Waals surface area contributed by atoms with E-state index < -0.39 is 5.97 Å². The van der Waals surface area contributed by atoms with Gasteiger partial charge in [-0.15, -0.1) is 0 Å². The summed E-state index contributed by atoms with van der Waals surface area (Å²) in [6.45, 7) is 0.0709. The van der Waals surface area contributed by atoms with E-state index in [1.807, 2.05) is 30.3 Å². The number of nitrogens with zero attached hydrogens (tertiary/aromatic N) is 1. The highest BCUT2D eigenvalue weighted by atomic mass is 35.5. The molecule has 0 radical (unpaired) electrons. The van der Waals surface area contributed by atoms with Gasteiger partial charge in [0.1, 0.15) is 5.75 Å². The first-order chi connectivity index (χ1) is 11.1. The number of para-hydroxylation sites is 1. The molecule has 3 rings (SSSR count). The smallest absolute Gasteiger partial charge is 0.363 e. The Labute approximate surface area is 143 Å². The third-order valence-electron chi connectivity index (χ3n) is 3.03. The van der Waals surface area contributed by atoms with Crippen molar-refractivity contribution >= 4 is 41.1 Å². The Morgan fingerprint density at radius 3 is 2.65 bits per heavy atom. The Hall–Kier alpha value is -2.30. The third kappa shape index (κ3) is 3.92. The predicted molar refractivity (Wildman–Crippen MR) is 89.9 cm³/mol. The van der Waals surface area contributed by atoms with Crippen molar-refractivity contribution in [2.24, 2.45) is 4.99 Å². The highest BCUT2D eigenvalue weighted by Crippen LogP contribution is 2.25. The van der Waals surface area contributed by atoms with Gasteiger partial charge < -0.3 is 9.47 Å². The van der Waals surface area contributed by atoms with Gasteiger partial charge in [-0.05, 0) is 35.9 Å². The molecule has 0 saturated carbocycles. The van der Waals surface area contributed by atoms with Gasteiger partial charge in [0, 0.05) is 10.0 Å². The van der Waals surface area contributed by atoms with E-state index in [9.17, 15) is 4.79 Å². The SMILES string of the molecule is O=C1OC(COc2ccccc2)=N/C1=C\c1ccc(Cl)cc1Cl. The number of carbonyl (C=O) groups excluding carboxylic acids is 1. The minimum absolute atomic E-state index is 0.0709. The predicted octanol–water partition coefficient (Wildman–Crippen LogP) is 4.37. The summed E-state index contributed by atoms with van der Waals surface area (Å²) in [5, 5.41) is 0.952. The standard InChI is InChI=1S/C17H11Cl2NO3/c18-12-7-6-11(14(19)9-12)8-15-17(21)23-16(20-15)10-22-13-4-2-1-3-5-13/h1-9H,10H2/b15-8-. The van der Waals surface area contributed by atoms with Crippen molar-refractivity contribution in [3.05, 3.63) is 69.8 Å². The average molecular weight is 348 g/mol. The number of carbonyl (C=O) groups is 1. The molecular formula is C17H11Cl2NO3. The Morgan fingerprint density at radius 2 is 1.91 bits per heavy atom. The van der Waals surface area contributed by atoms with Crippen molar-refractivity contribution < 1.29 is 14.3 Å². The van der Waals surface area contributed by atoms with Crippen LogP contribution in [-0.4, -0.2) is 18.5 Å². The van der Waals surface area contributed by atoms with Crippen molar-refractivity contribution in [3.63, 3.8) is 0 Å². The molecular weight excluding hydrogens is 337 g/mol. The van der Waals surface area contributed by atoms with Crippen LogP contribution in [-0.2, 0) is 9.53 Å². The Balaban J connectivity index is 1.74. The molecule has 0 spiro atoms. The molecule has 0 amide bonds. The first kappa shape index (κ1) is 15.6. The number of hydrogen-bond acceptors (Lipinski definition) is 4. The van der Waals surface area contributed by atoms with Gasteiger partial charge in [-0.25, -0.2) is 9.79 Å². The summed E-state index contributed by atoms with van der Waals surface area (Å²) >= 11 is 11.9. The molecule has 0 aliphatic carbocycles. The van der Waals surface area contributed by atoms with Gasteiger partial charge in [-0.1, -0.05) is 47.5 Å². The van der Waals surface area contributed by atoms with E-state index in [-0.39, 0.29) is 18.2 Å². The van der Waals surface area contributed by atoms with Crippen LogP contribution in [0, 0.1) is 0 Å². The molecule has 0 atom stereocenters. The lowest BCUT2D eigenvalue weighted by molar-refractivity contribution is -0.130. The summed E-state index contributed by atoms with van der Waals surface area (Å²) < 4.78 is 10.6. The Kier molecular flexibility index (Phi) is 4.65. The lowest BCUT2D eigenvalue weighted by Crippen LogP contribution is -2.13. The normalized spacial score (nSPS) is 15.5. The third-order valence-corrected chi connectivity index (χ3v) is 3.59. The summed E-state index contributed by atoms with van der Waals surface area (Å²) in [5.41, 5.74) is 0.804. The van der Waals surface area contributed by atoms with Gasteiger partial charge in [0.2, 0.25) is 5.90 Å². The Bertz CT molecular complexity index is 801. The molecule has 2 aromatic rings. The van der Waals surface area contributed by atoms with Gasteiger partial charge in [-0.3, -0.25) is 0 Å². The van der Waals surface area contributed by atoms with Crippen molar-refractivity contribution in [1.82, 2.24) is 0 Å². The topological polar surface area (TPSA) is 47.9 Å². The monoisotopic (exact) mass is 347 g/mol. The van der Waals surface area contributed by atoms with Gasteiger partial charge in [0.15, 0.2) is 12.3 Å². The van der Waals surface area contributed by atoms with E-state index in [0.717, 1.165) is 0 Å². The fourth-order valence-electron chi connectivity index (χ4n) is 1.94. The molecule has 1 aliphatic heterocycles. The molecule has 2 aromatic carbocycles. The van der Waals surface area contributed by atoms with Gasteiger partial charge in [-0.2, -0.15) is 0 Å². The van der Waals surface area contributed by atoms with Crippen LogP contribution in [0.15, 0.2) is 59.2 Å². The van der Waals surface area contributed by atoms with E-state index in [4.69, 9.17) is 32.7 Å². The maximum Gasteiger partial charge on any atom is 0.363 e. The van der Waals surface area contributed by atoms with E-state index in [1.165, 1.54) is 0 Å². The second-order valence-corrected chi connectivity index (χ2v) is 5.54. The van der Waals surface area contributed by atoms with Gasteiger partial charge in [0.05, 0.1) is 0 Å². The molecule has 0 unspecified atom stereocenters. The zero-order chi connectivity index (χ0) is 16.2. The van der Waals surface area contributed by atoms with Crippen LogP contribution >= 0.6 is 23.2 Å². The second-order valence-electron chi connectivity index (χ2n) is 4.69. The van der Waals surface area contributed by atoms with Crippen molar-refractivity contribution in [2.75, 3.05) is 6.61 Å². The molecule has 0 aromatic heterocycles. The number of hydrogen-bond donors (Lipinski definition) is 0. The second kappa shape index (κ2) is 6.86. The zero-order valence-electron chi connectivity index (χ0n) is 11.8. The van der Waals surface area contributed by atoms with Gasteiger partial charge in [0.25, 0.3) is 0 Å².